The van der Waals surface area contributed by atoms with Crippen LogP contribution in [0.25, 0.3) is 0 Å². The molecule has 2 heteroatoms. The van der Waals surface area contributed by atoms with Crippen LogP contribution in [0.1, 0.15) is 19.4 Å². The average molecular weight is 172 g/mol. The molecule has 1 aromatic rings. The van der Waals surface area contributed by atoms with Crippen molar-refractivity contribution in [2.45, 2.75) is 27.3 Å². The standard InChI is InChI=1S/C9H14ClN/c1-7(2)5-11-6-8(3)4-9(11)10/h4,6-7H,5H2,1-3H3. The van der Waals surface area contributed by atoms with Crippen molar-refractivity contribution in [2.24, 2.45) is 5.92 Å². The maximum atomic E-state index is 5.95. The van der Waals surface area contributed by atoms with Crippen molar-refractivity contribution >= 4 is 11.6 Å². The molecule has 1 heterocycles. The summed E-state index contributed by atoms with van der Waals surface area (Å²) in [5, 5.41) is 0.844. The first-order chi connectivity index (χ1) is 5.09. The molecule has 11 heavy (non-hydrogen) atoms. The van der Waals surface area contributed by atoms with Crippen molar-refractivity contribution in [2.75, 3.05) is 0 Å². The third-order valence-electron chi connectivity index (χ3n) is 1.54. The van der Waals surface area contributed by atoms with Crippen molar-refractivity contribution in [3.63, 3.8) is 0 Å². The van der Waals surface area contributed by atoms with E-state index in [-0.39, 0.29) is 0 Å². The summed E-state index contributed by atoms with van der Waals surface area (Å²) in [7, 11) is 0. The van der Waals surface area contributed by atoms with Crippen LogP contribution in [0.15, 0.2) is 12.3 Å². The summed E-state index contributed by atoms with van der Waals surface area (Å²) in [6.45, 7) is 7.44. The van der Waals surface area contributed by atoms with E-state index in [0.29, 0.717) is 5.92 Å². The zero-order valence-corrected chi connectivity index (χ0v) is 8.02. The Hall–Kier alpha value is -0.430. The molecule has 1 aromatic heterocycles. The lowest BCUT2D eigenvalue weighted by Crippen LogP contribution is -2.02. The maximum absolute atomic E-state index is 5.95. The van der Waals surface area contributed by atoms with Gasteiger partial charge in [-0.1, -0.05) is 25.4 Å². The van der Waals surface area contributed by atoms with Crippen LogP contribution in [-0.4, -0.2) is 4.57 Å². The van der Waals surface area contributed by atoms with Crippen LogP contribution in [0.3, 0.4) is 0 Å². The molecule has 62 valence electrons. The van der Waals surface area contributed by atoms with Crippen LogP contribution in [0.4, 0.5) is 0 Å². The topological polar surface area (TPSA) is 4.93 Å². The van der Waals surface area contributed by atoms with Crippen LogP contribution < -0.4 is 0 Å². The average Bonchev–Trinajstić information content (AvgIpc) is 2.09. The first kappa shape index (κ1) is 8.66. The fourth-order valence-electron chi connectivity index (χ4n) is 1.15. The molecule has 0 aromatic carbocycles. The van der Waals surface area contributed by atoms with Crippen LogP contribution in [-0.2, 0) is 6.54 Å². The van der Waals surface area contributed by atoms with Gasteiger partial charge in [0.25, 0.3) is 0 Å². The smallest absolute Gasteiger partial charge is 0.109 e. The highest BCUT2D eigenvalue weighted by molar-refractivity contribution is 6.29. The number of hydrogen-bond donors (Lipinski definition) is 0. The third kappa shape index (κ3) is 2.26. The zero-order chi connectivity index (χ0) is 8.43. The second-order valence-electron chi connectivity index (χ2n) is 3.39. The van der Waals surface area contributed by atoms with Crippen molar-refractivity contribution in [1.82, 2.24) is 4.57 Å². The van der Waals surface area contributed by atoms with E-state index < -0.39 is 0 Å². The fourth-order valence-corrected chi connectivity index (χ4v) is 1.44. The molecule has 0 aliphatic rings. The van der Waals surface area contributed by atoms with E-state index in [0.717, 1.165) is 11.7 Å². The Labute approximate surface area is 73.0 Å². The summed E-state index contributed by atoms with van der Waals surface area (Å²) in [6.07, 6.45) is 2.09. The lowest BCUT2D eigenvalue weighted by atomic mass is 10.2. The van der Waals surface area contributed by atoms with E-state index in [9.17, 15) is 0 Å². The van der Waals surface area contributed by atoms with Crippen LogP contribution in [0, 0.1) is 12.8 Å². The lowest BCUT2D eigenvalue weighted by Gasteiger charge is -2.06. The molecule has 0 spiro atoms. The normalized spacial score (nSPS) is 11.0. The molecule has 1 nitrogen and oxygen atoms in total. The third-order valence-corrected chi connectivity index (χ3v) is 1.87. The summed E-state index contributed by atoms with van der Waals surface area (Å²) in [5.74, 6) is 0.652. The fraction of sp³-hybridized carbons (Fsp3) is 0.556. The SMILES string of the molecule is Cc1cc(Cl)n(CC(C)C)c1. The number of aryl methyl sites for hydroxylation is 1. The van der Waals surface area contributed by atoms with Gasteiger partial charge in [-0.05, 0) is 24.5 Å². The predicted octanol–water partition coefficient (Wildman–Crippen LogP) is 3.11. The van der Waals surface area contributed by atoms with Crippen LogP contribution >= 0.6 is 11.6 Å². The molecule has 0 bridgehead atoms. The second kappa shape index (κ2) is 3.31. The molecule has 0 unspecified atom stereocenters. The summed E-state index contributed by atoms with van der Waals surface area (Å²) >= 11 is 5.95. The molecule has 0 atom stereocenters. The highest BCUT2D eigenvalue weighted by Gasteiger charge is 2.01. The Kier molecular flexibility index (Phi) is 2.61. The van der Waals surface area contributed by atoms with E-state index in [1.54, 1.807) is 0 Å². The summed E-state index contributed by atoms with van der Waals surface area (Å²) < 4.78 is 2.08. The largest absolute Gasteiger partial charge is 0.338 e. The minimum atomic E-state index is 0.652. The highest BCUT2D eigenvalue weighted by Crippen LogP contribution is 2.15. The van der Waals surface area contributed by atoms with Gasteiger partial charge in [-0.2, -0.15) is 0 Å². The van der Waals surface area contributed by atoms with Crippen molar-refractivity contribution in [3.8, 4) is 0 Å². The Morgan fingerprint density at radius 2 is 2.18 bits per heavy atom. The Morgan fingerprint density at radius 1 is 1.55 bits per heavy atom. The van der Waals surface area contributed by atoms with Gasteiger partial charge in [-0.25, -0.2) is 0 Å². The second-order valence-corrected chi connectivity index (χ2v) is 3.77. The summed E-state index contributed by atoms with van der Waals surface area (Å²) in [6, 6.07) is 1.99. The van der Waals surface area contributed by atoms with E-state index in [1.165, 1.54) is 5.56 Å². The van der Waals surface area contributed by atoms with Gasteiger partial charge in [0.2, 0.25) is 0 Å². The molecule has 1 rings (SSSR count). The van der Waals surface area contributed by atoms with Crippen LogP contribution in [0.5, 0.6) is 0 Å². The van der Waals surface area contributed by atoms with Gasteiger partial charge in [-0.3, -0.25) is 0 Å². The zero-order valence-electron chi connectivity index (χ0n) is 7.26. The number of rotatable bonds is 2. The molecule has 0 aliphatic carbocycles. The van der Waals surface area contributed by atoms with Gasteiger partial charge in [0.15, 0.2) is 0 Å². The first-order valence-corrected chi connectivity index (χ1v) is 4.29. The minimum Gasteiger partial charge on any atom is -0.338 e. The summed E-state index contributed by atoms with van der Waals surface area (Å²) in [5.41, 5.74) is 1.23. The van der Waals surface area contributed by atoms with E-state index in [2.05, 4.69) is 31.5 Å². The molecule has 0 saturated heterocycles. The minimum absolute atomic E-state index is 0.652. The van der Waals surface area contributed by atoms with Crippen molar-refractivity contribution in [3.05, 3.63) is 23.0 Å². The lowest BCUT2D eigenvalue weighted by molar-refractivity contribution is 0.525. The molecule has 0 amide bonds. The highest BCUT2D eigenvalue weighted by atomic mass is 35.5. The Morgan fingerprint density at radius 3 is 2.55 bits per heavy atom. The van der Waals surface area contributed by atoms with E-state index >= 15 is 0 Å². The quantitative estimate of drug-likeness (QED) is 0.645. The molecule has 0 saturated carbocycles. The number of halogens is 1. The molecule has 0 N–H and O–H groups in total. The number of hydrogen-bond acceptors (Lipinski definition) is 0. The van der Waals surface area contributed by atoms with Crippen molar-refractivity contribution < 1.29 is 0 Å². The van der Waals surface area contributed by atoms with Gasteiger partial charge in [0.1, 0.15) is 5.15 Å². The Bertz CT molecular complexity index is 238. The molecule has 0 fully saturated rings. The molecule has 0 radical (unpaired) electrons. The van der Waals surface area contributed by atoms with Crippen LogP contribution in [0.2, 0.25) is 5.15 Å². The molecule has 0 aliphatic heterocycles. The number of nitrogens with zero attached hydrogens (tertiary/aromatic N) is 1. The first-order valence-electron chi connectivity index (χ1n) is 3.92. The Balaban J connectivity index is 2.77. The van der Waals surface area contributed by atoms with Gasteiger partial charge in [0, 0.05) is 12.7 Å². The van der Waals surface area contributed by atoms with Gasteiger partial charge in [-0.15, -0.1) is 0 Å². The van der Waals surface area contributed by atoms with E-state index in [1.807, 2.05) is 6.07 Å². The predicted molar refractivity (Wildman–Crippen MR) is 49.0 cm³/mol. The monoisotopic (exact) mass is 171 g/mol. The van der Waals surface area contributed by atoms with Gasteiger partial charge in [0.05, 0.1) is 0 Å². The number of aromatic nitrogens is 1. The van der Waals surface area contributed by atoms with Gasteiger partial charge >= 0.3 is 0 Å². The molecular weight excluding hydrogens is 158 g/mol. The van der Waals surface area contributed by atoms with Gasteiger partial charge < -0.3 is 4.57 Å². The molecular formula is C9H14ClN. The van der Waals surface area contributed by atoms with Crippen molar-refractivity contribution in [1.29, 1.82) is 0 Å². The maximum Gasteiger partial charge on any atom is 0.109 e. The summed E-state index contributed by atoms with van der Waals surface area (Å²) in [4.78, 5) is 0. The van der Waals surface area contributed by atoms with E-state index in [4.69, 9.17) is 11.6 Å².